The van der Waals surface area contributed by atoms with E-state index in [2.05, 4.69) is 24.4 Å². The zero-order valence-electron chi connectivity index (χ0n) is 72.4. The van der Waals surface area contributed by atoms with Gasteiger partial charge in [-0.15, -0.1) is 10.9 Å². The van der Waals surface area contributed by atoms with Crippen LogP contribution >= 0.6 is 14.8 Å². The molecule has 0 aromatic heterocycles. The van der Waals surface area contributed by atoms with Crippen LogP contribution < -0.4 is 74.1 Å². The molecule has 0 unspecified atom stereocenters. The molecule has 0 saturated carbocycles. The number of unbranched alkanes of at least 4 members (excludes halogenated alkanes) is 3. The van der Waals surface area contributed by atoms with Crippen molar-refractivity contribution in [2.45, 2.75) is 161 Å². The molecule has 16 rings (SSSR count). The SMILES string of the molecule is CCCCCC.Cc1cc(C)c([P+]2(c3c(C)cc(C)cc3C)/N=N/O[B-](c3c(F)c(F)c(F)c(F)c3F)(c3c(F)c(F)c(F)c(F)c3F)c3cccc4c3Oc3c(cccc32)C4(C)C)c(C)c1.Cc1cc(C)c([P+]2(c3c(C)cc(C)cc3C)/N=N/O[B-](c3c(F)c(F)c(F)c(F)c3F)(c3c(F)c(F)c(F)c(F)c3F)c3cccc4c3Oc3c(cccc32)C4(C)C)c(C)c1. The molecule has 0 spiro atoms. The molecule has 4 aliphatic rings. The number of halogens is 20. The first-order chi connectivity index (χ1) is 60.2. The third-order valence-electron chi connectivity index (χ3n) is 24.9. The van der Waals surface area contributed by atoms with Crippen molar-refractivity contribution in [2.24, 2.45) is 20.3 Å². The average molecular weight is 1820 g/mol. The quantitative estimate of drug-likeness (QED) is 0.0322. The second kappa shape index (κ2) is 33.6. The second-order valence-electron chi connectivity index (χ2n) is 34.2. The highest BCUT2D eigenvalue weighted by Gasteiger charge is 2.62. The predicted molar refractivity (Wildman–Crippen MR) is 460 cm³/mol. The first-order valence-electron chi connectivity index (χ1n) is 40.8. The highest BCUT2D eigenvalue weighted by atomic mass is 31.2. The summed E-state index contributed by atoms with van der Waals surface area (Å²) in [5.41, 5.74) is -2.45. The van der Waals surface area contributed by atoms with Crippen molar-refractivity contribution in [3.63, 3.8) is 0 Å². The molecule has 4 heterocycles. The highest BCUT2D eigenvalue weighted by Crippen LogP contribution is 2.66. The largest absolute Gasteiger partial charge is 0.584 e. The smallest absolute Gasteiger partial charge is 0.292 e. The van der Waals surface area contributed by atoms with Gasteiger partial charge in [-0.2, -0.15) is 0 Å². The van der Waals surface area contributed by atoms with Gasteiger partial charge in [-0.3, -0.25) is 0 Å². The fourth-order valence-electron chi connectivity index (χ4n) is 19.9. The molecule has 32 heteroatoms. The van der Waals surface area contributed by atoms with Gasteiger partial charge in [-0.1, -0.05) is 221 Å². The summed E-state index contributed by atoms with van der Waals surface area (Å²) in [6.07, 6.45) is -4.79. The van der Waals surface area contributed by atoms with Crippen molar-refractivity contribution in [1.82, 2.24) is 0 Å². The highest BCUT2D eigenvalue weighted by molar-refractivity contribution is 7.95. The van der Waals surface area contributed by atoms with Gasteiger partial charge in [-0.05, 0) is 140 Å². The fourth-order valence-corrected chi connectivity index (χ4v) is 28.3. The Kier molecular flexibility index (Phi) is 24.4. The Labute approximate surface area is 726 Å². The van der Waals surface area contributed by atoms with E-state index in [1.165, 1.54) is 49.9 Å². The van der Waals surface area contributed by atoms with Crippen molar-refractivity contribution in [3.05, 3.63) is 327 Å². The molecule has 0 fully saturated rings. The van der Waals surface area contributed by atoms with Crippen molar-refractivity contribution < 1.29 is 107 Å². The Bertz CT molecular complexity index is 5920. The summed E-state index contributed by atoms with van der Waals surface area (Å²) in [5, 5.41) is 11.3. The van der Waals surface area contributed by atoms with Crippen LogP contribution in [0.1, 0.15) is 156 Å². The number of para-hydroxylation sites is 4. The van der Waals surface area contributed by atoms with Gasteiger partial charge in [0.1, 0.15) is 79.3 Å². The minimum Gasteiger partial charge on any atom is -0.584 e. The maximum Gasteiger partial charge on any atom is 0.292 e. The first kappa shape index (κ1) is 92.8. The van der Waals surface area contributed by atoms with Crippen LogP contribution in [-0.2, 0) is 20.3 Å². The van der Waals surface area contributed by atoms with E-state index in [-0.39, 0.29) is 22.6 Å². The van der Waals surface area contributed by atoms with Crippen molar-refractivity contribution >= 4 is 92.1 Å². The number of ether oxygens (including phenoxy) is 2. The van der Waals surface area contributed by atoms with Gasteiger partial charge in [0.25, 0.3) is 27.5 Å². The molecule has 12 aromatic rings. The number of hydrogen-bond acceptors (Lipinski definition) is 8. The molecule has 4 aliphatic heterocycles. The van der Waals surface area contributed by atoms with Gasteiger partial charge in [0.2, 0.25) is 0 Å². The Morgan fingerprint density at radius 2 is 0.469 bits per heavy atom. The fraction of sp³-hybridized carbons (Fsp3) is 0.250. The molecular formula is C96H82B2F20N4O4P2. The van der Waals surface area contributed by atoms with E-state index < -0.39 is 199 Å². The maximum atomic E-state index is 16.6. The second-order valence-corrected chi connectivity index (χ2v) is 39.9. The molecule has 0 N–H and O–H groups in total. The molecule has 128 heavy (non-hydrogen) atoms. The van der Waals surface area contributed by atoms with Crippen LogP contribution in [0.5, 0.6) is 23.0 Å². The average Bonchev–Trinajstić information content (AvgIpc) is 0.687. The Hall–Kier alpha value is -11.4. The van der Waals surface area contributed by atoms with Gasteiger partial charge in [0, 0.05) is 53.4 Å². The van der Waals surface area contributed by atoms with Gasteiger partial charge < -0.3 is 19.0 Å². The van der Waals surface area contributed by atoms with Gasteiger partial charge in [-0.25, -0.2) is 87.8 Å². The van der Waals surface area contributed by atoms with E-state index in [0.717, 1.165) is 34.4 Å². The normalized spacial score (nSPS) is 15.8. The Morgan fingerprint density at radius 3 is 0.680 bits per heavy atom. The Balaban J connectivity index is 0.000000195. The zero-order chi connectivity index (χ0) is 93.6. The minimum atomic E-state index is -5.16. The van der Waals surface area contributed by atoms with E-state index >= 15 is 70.2 Å². The lowest BCUT2D eigenvalue weighted by Crippen LogP contribution is -2.73. The molecule has 0 amide bonds. The number of benzene rings is 12. The van der Waals surface area contributed by atoms with Gasteiger partial charge in [0.05, 0.1) is 0 Å². The summed E-state index contributed by atoms with van der Waals surface area (Å²) in [5.74, 6) is -53.8. The van der Waals surface area contributed by atoms with Gasteiger partial charge >= 0.3 is 0 Å². The summed E-state index contributed by atoms with van der Waals surface area (Å²) in [6.45, 7) is 33.4. The third-order valence-corrected chi connectivity index (χ3v) is 33.1. The minimum absolute atomic E-state index is 0.0971. The van der Waals surface area contributed by atoms with Crippen LogP contribution in [0.25, 0.3) is 0 Å². The molecule has 4 bridgehead atoms. The van der Waals surface area contributed by atoms with Crippen molar-refractivity contribution in [3.8, 4) is 23.0 Å². The number of nitrogens with zero attached hydrogens (tertiary/aromatic N) is 4. The molecular weight excluding hydrogens is 1740 g/mol. The zero-order valence-corrected chi connectivity index (χ0v) is 74.2. The summed E-state index contributed by atoms with van der Waals surface area (Å²) in [7, 11) is -7.75. The summed E-state index contributed by atoms with van der Waals surface area (Å²) in [6, 6.07) is 32.8. The summed E-state index contributed by atoms with van der Waals surface area (Å²) >= 11 is 0. The molecule has 0 atom stereocenters. The standard InChI is InChI=1S/2C45H34BF10N2O2P.C6H14/c2*1-19-15-21(3)43(22(4)16-19)61(44-23(5)17-20(2)18-24(44)6)28-14-10-12-26-42(28)59-41-25(45(26,7)8)11-9-13-27(41)46(60-57-58-61,29-31(47)35(51)39(55)36(52)32(29)48)30-33(49)37(53)40(56)38(54)34(30)50;1-3-5-6-4-2/h2*9-18H,1-8H3;3-6H2,1-2H3/b2*58-57+;. The summed E-state index contributed by atoms with van der Waals surface area (Å²) < 4.78 is 342. The van der Waals surface area contributed by atoms with Crippen LogP contribution in [0.3, 0.4) is 0 Å². The third kappa shape index (κ3) is 13.8. The molecule has 0 saturated heterocycles. The molecule has 666 valence electrons. The van der Waals surface area contributed by atoms with Crippen LogP contribution in [-0.4, -0.2) is 12.7 Å². The van der Waals surface area contributed by atoms with Crippen molar-refractivity contribution in [2.75, 3.05) is 0 Å². The predicted octanol–water partition coefficient (Wildman–Crippen LogP) is 22.5. The number of aryl methyl sites for hydroxylation is 12. The molecule has 12 aromatic carbocycles. The van der Waals surface area contributed by atoms with Crippen LogP contribution in [0.4, 0.5) is 87.8 Å². The van der Waals surface area contributed by atoms with Gasteiger partial charge in [0.15, 0.2) is 91.9 Å². The van der Waals surface area contributed by atoms with Crippen molar-refractivity contribution in [1.29, 1.82) is 0 Å². The van der Waals surface area contributed by atoms with E-state index in [1.54, 1.807) is 64.1 Å². The van der Waals surface area contributed by atoms with E-state index in [1.807, 2.05) is 132 Å². The monoisotopic (exact) mass is 1820 g/mol. The first-order valence-corrected chi connectivity index (χ1v) is 44.3. The van der Waals surface area contributed by atoms with Crippen LogP contribution in [0.15, 0.2) is 142 Å². The molecule has 0 aliphatic carbocycles. The lowest BCUT2D eigenvalue weighted by atomic mass is 9.27. The van der Waals surface area contributed by atoms with E-state index in [0.29, 0.717) is 87.5 Å². The van der Waals surface area contributed by atoms with E-state index in [9.17, 15) is 17.6 Å². The van der Waals surface area contributed by atoms with Crippen LogP contribution in [0.2, 0.25) is 0 Å². The topological polar surface area (TPSA) is 86.4 Å². The molecule has 8 nitrogen and oxygen atoms in total. The lowest BCUT2D eigenvalue weighted by molar-refractivity contribution is 0.311. The van der Waals surface area contributed by atoms with E-state index in [4.69, 9.17) is 28.8 Å². The number of hydrogen-bond donors (Lipinski definition) is 0. The Morgan fingerprint density at radius 1 is 0.273 bits per heavy atom. The number of rotatable bonds is 11. The van der Waals surface area contributed by atoms with Crippen LogP contribution in [0, 0.1) is 199 Å². The molecule has 0 radical (unpaired) electrons. The summed E-state index contributed by atoms with van der Waals surface area (Å²) in [4.78, 5) is 9.82. The lowest BCUT2D eigenvalue weighted by Gasteiger charge is -2.45. The maximum absolute atomic E-state index is 16.6.